The molecule has 138 valence electrons. The summed E-state index contributed by atoms with van der Waals surface area (Å²) in [6.07, 6.45) is 0.381. The van der Waals surface area contributed by atoms with E-state index in [1.54, 1.807) is 19.2 Å². The number of para-hydroxylation sites is 1. The van der Waals surface area contributed by atoms with E-state index in [2.05, 4.69) is 10.6 Å². The Bertz CT molecular complexity index is 774. The molecule has 0 aliphatic carbocycles. The van der Waals surface area contributed by atoms with Gasteiger partial charge in [-0.05, 0) is 42.7 Å². The third-order valence-electron chi connectivity index (χ3n) is 3.86. The van der Waals surface area contributed by atoms with Crippen molar-refractivity contribution in [2.45, 2.75) is 19.8 Å². The molecule has 2 aromatic carbocycles. The van der Waals surface area contributed by atoms with Gasteiger partial charge in [0.1, 0.15) is 17.9 Å². The standard InChI is InChI=1S/C20H24N2O4/c1-14-8-9-18(26-3)16(12-14)22-20(24)13-19(23)21-11-10-15-6-4-5-7-17(15)25-2/h4-9,12H,10-11,13H2,1-3H3,(H,21,23)(H,22,24). The van der Waals surface area contributed by atoms with Crippen molar-refractivity contribution < 1.29 is 19.1 Å². The van der Waals surface area contributed by atoms with E-state index in [1.807, 2.05) is 37.3 Å². The summed E-state index contributed by atoms with van der Waals surface area (Å²) in [6.45, 7) is 2.35. The number of rotatable bonds is 8. The molecule has 0 aromatic heterocycles. The second-order valence-electron chi connectivity index (χ2n) is 5.84. The molecule has 26 heavy (non-hydrogen) atoms. The number of methoxy groups -OCH3 is 2. The third-order valence-corrected chi connectivity index (χ3v) is 3.86. The van der Waals surface area contributed by atoms with Crippen molar-refractivity contribution in [1.29, 1.82) is 0 Å². The lowest BCUT2D eigenvalue weighted by molar-refractivity contribution is -0.126. The van der Waals surface area contributed by atoms with E-state index in [-0.39, 0.29) is 18.2 Å². The summed E-state index contributed by atoms with van der Waals surface area (Å²) >= 11 is 0. The fourth-order valence-corrected chi connectivity index (χ4v) is 2.57. The first-order valence-electron chi connectivity index (χ1n) is 8.36. The van der Waals surface area contributed by atoms with Gasteiger partial charge in [0.25, 0.3) is 0 Å². The smallest absolute Gasteiger partial charge is 0.233 e. The number of hydrogen-bond acceptors (Lipinski definition) is 4. The molecule has 2 aromatic rings. The molecule has 0 fully saturated rings. The lowest BCUT2D eigenvalue weighted by Crippen LogP contribution is -2.29. The molecule has 0 aliphatic rings. The van der Waals surface area contributed by atoms with Gasteiger partial charge in [-0.2, -0.15) is 0 Å². The molecule has 0 atom stereocenters. The molecule has 0 heterocycles. The fourth-order valence-electron chi connectivity index (χ4n) is 2.57. The van der Waals surface area contributed by atoms with Gasteiger partial charge in [-0.3, -0.25) is 9.59 Å². The predicted octanol–water partition coefficient (Wildman–Crippen LogP) is 2.70. The van der Waals surface area contributed by atoms with Crippen molar-refractivity contribution in [3.05, 3.63) is 53.6 Å². The minimum Gasteiger partial charge on any atom is -0.496 e. The highest BCUT2D eigenvalue weighted by atomic mass is 16.5. The number of anilines is 1. The minimum atomic E-state index is -0.385. The number of aryl methyl sites for hydroxylation is 1. The molecule has 0 aliphatic heterocycles. The summed E-state index contributed by atoms with van der Waals surface area (Å²) in [7, 11) is 3.15. The van der Waals surface area contributed by atoms with Crippen LogP contribution in [0.5, 0.6) is 11.5 Å². The Morgan fingerprint density at radius 1 is 0.962 bits per heavy atom. The van der Waals surface area contributed by atoms with E-state index in [0.717, 1.165) is 16.9 Å². The molecule has 2 amide bonds. The Hall–Kier alpha value is -3.02. The first-order valence-corrected chi connectivity index (χ1v) is 8.36. The Morgan fingerprint density at radius 2 is 1.69 bits per heavy atom. The van der Waals surface area contributed by atoms with Crippen molar-refractivity contribution in [2.75, 3.05) is 26.1 Å². The normalized spacial score (nSPS) is 10.1. The van der Waals surface area contributed by atoms with Gasteiger partial charge < -0.3 is 20.1 Å². The van der Waals surface area contributed by atoms with E-state index in [9.17, 15) is 9.59 Å². The molecule has 0 saturated carbocycles. The lowest BCUT2D eigenvalue weighted by atomic mass is 10.1. The SMILES string of the molecule is COc1ccccc1CCNC(=O)CC(=O)Nc1cc(C)ccc1OC. The van der Waals surface area contributed by atoms with Gasteiger partial charge in [-0.1, -0.05) is 24.3 Å². The molecular weight excluding hydrogens is 332 g/mol. The average Bonchev–Trinajstić information content (AvgIpc) is 2.62. The first kappa shape index (κ1) is 19.3. The van der Waals surface area contributed by atoms with Gasteiger partial charge in [0.05, 0.1) is 19.9 Å². The summed E-state index contributed by atoms with van der Waals surface area (Å²) in [4.78, 5) is 24.1. The van der Waals surface area contributed by atoms with Crippen LogP contribution in [0.25, 0.3) is 0 Å². The maximum Gasteiger partial charge on any atom is 0.233 e. The monoisotopic (exact) mass is 356 g/mol. The number of carbonyl (C=O) groups is 2. The van der Waals surface area contributed by atoms with Crippen LogP contribution in [0.2, 0.25) is 0 Å². The predicted molar refractivity (Wildman–Crippen MR) is 101 cm³/mol. The quantitative estimate of drug-likeness (QED) is 0.713. The summed E-state index contributed by atoms with van der Waals surface area (Å²) in [5.74, 6) is 0.624. The Morgan fingerprint density at radius 3 is 2.42 bits per heavy atom. The summed E-state index contributed by atoms with van der Waals surface area (Å²) in [6, 6.07) is 13.1. The number of ether oxygens (including phenoxy) is 2. The average molecular weight is 356 g/mol. The molecule has 0 spiro atoms. The van der Waals surface area contributed by atoms with Crippen molar-refractivity contribution in [2.24, 2.45) is 0 Å². The largest absolute Gasteiger partial charge is 0.496 e. The van der Waals surface area contributed by atoms with Gasteiger partial charge in [0.15, 0.2) is 0 Å². The zero-order valence-corrected chi connectivity index (χ0v) is 15.3. The lowest BCUT2D eigenvalue weighted by Gasteiger charge is -2.11. The highest BCUT2D eigenvalue weighted by Gasteiger charge is 2.12. The first-order chi connectivity index (χ1) is 12.5. The van der Waals surface area contributed by atoms with Gasteiger partial charge in [-0.25, -0.2) is 0 Å². The molecule has 2 rings (SSSR count). The number of carbonyl (C=O) groups excluding carboxylic acids is 2. The highest BCUT2D eigenvalue weighted by molar-refractivity contribution is 6.04. The van der Waals surface area contributed by atoms with E-state index >= 15 is 0 Å². The molecule has 0 radical (unpaired) electrons. The van der Waals surface area contributed by atoms with Crippen LogP contribution in [0.1, 0.15) is 17.5 Å². The van der Waals surface area contributed by atoms with Crippen LogP contribution in [-0.2, 0) is 16.0 Å². The van der Waals surface area contributed by atoms with Crippen molar-refractivity contribution in [3.8, 4) is 11.5 Å². The van der Waals surface area contributed by atoms with Crippen molar-refractivity contribution >= 4 is 17.5 Å². The molecule has 6 nitrogen and oxygen atoms in total. The van der Waals surface area contributed by atoms with Crippen LogP contribution < -0.4 is 20.1 Å². The number of hydrogen-bond donors (Lipinski definition) is 2. The highest BCUT2D eigenvalue weighted by Crippen LogP contribution is 2.25. The van der Waals surface area contributed by atoms with Crippen LogP contribution in [0.15, 0.2) is 42.5 Å². The number of amides is 2. The van der Waals surface area contributed by atoms with Crippen LogP contribution in [-0.4, -0.2) is 32.6 Å². The number of nitrogens with one attached hydrogen (secondary N) is 2. The Kier molecular flexibility index (Phi) is 7.02. The minimum absolute atomic E-state index is 0.247. The second kappa shape index (κ2) is 9.46. The van der Waals surface area contributed by atoms with Gasteiger partial charge in [-0.15, -0.1) is 0 Å². The maximum atomic E-state index is 12.1. The topological polar surface area (TPSA) is 76.7 Å². The third kappa shape index (κ3) is 5.51. The maximum absolute atomic E-state index is 12.1. The molecular formula is C20H24N2O4. The van der Waals surface area contributed by atoms with E-state index < -0.39 is 0 Å². The van der Waals surface area contributed by atoms with Gasteiger partial charge in [0.2, 0.25) is 11.8 Å². The van der Waals surface area contributed by atoms with Crippen molar-refractivity contribution in [3.63, 3.8) is 0 Å². The Labute approximate surface area is 153 Å². The molecule has 2 N–H and O–H groups in total. The molecule has 0 unspecified atom stereocenters. The van der Waals surface area contributed by atoms with Crippen LogP contribution in [0.4, 0.5) is 5.69 Å². The molecule has 0 bridgehead atoms. The summed E-state index contributed by atoms with van der Waals surface area (Å²) in [5.41, 5.74) is 2.55. The van der Waals surface area contributed by atoms with Gasteiger partial charge in [0, 0.05) is 6.54 Å². The zero-order chi connectivity index (χ0) is 18.9. The summed E-state index contributed by atoms with van der Waals surface area (Å²) < 4.78 is 10.5. The molecule has 6 heteroatoms. The summed E-state index contributed by atoms with van der Waals surface area (Å²) in [5, 5.41) is 5.47. The van der Waals surface area contributed by atoms with Crippen LogP contribution in [0.3, 0.4) is 0 Å². The van der Waals surface area contributed by atoms with E-state index in [4.69, 9.17) is 9.47 Å². The van der Waals surface area contributed by atoms with E-state index in [1.165, 1.54) is 7.11 Å². The molecule has 0 saturated heterocycles. The van der Waals surface area contributed by atoms with E-state index in [0.29, 0.717) is 24.4 Å². The zero-order valence-electron chi connectivity index (χ0n) is 15.3. The number of benzene rings is 2. The van der Waals surface area contributed by atoms with Crippen molar-refractivity contribution in [1.82, 2.24) is 5.32 Å². The van der Waals surface area contributed by atoms with Crippen LogP contribution in [0, 0.1) is 6.92 Å². The van der Waals surface area contributed by atoms with Crippen LogP contribution >= 0.6 is 0 Å². The Balaban J connectivity index is 1.82. The fraction of sp³-hybridized carbons (Fsp3) is 0.300. The van der Waals surface area contributed by atoms with Gasteiger partial charge >= 0.3 is 0 Å². The second-order valence-corrected chi connectivity index (χ2v) is 5.84.